The first kappa shape index (κ1) is 11.1. The van der Waals surface area contributed by atoms with Gasteiger partial charge in [-0.15, -0.1) is 0 Å². The van der Waals surface area contributed by atoms with Gasteiger partial charge in [0.1, 0.15) is 11.8 Å². The van der Waals surface area contributed by atoms with Crippen LogP contribution in [-0.2, 0) is 6.54 Å². The van der Waals surface area contributed by atoms with E-state index in [0.29, 0.717) is 5.69 Å². The maximum atomic E-state index is 8.74. The molecular weight excluding hydrogens is 200 g/mol. The number of pyridine rings is 1. The van der Waals surface area contributed by atoms with E-state index in [-0.39, 0.29) is 0 Å². The number of aromatic nitrogens is 1. The van der Waals surface area contributed by atoms with Crippen molar-refractivity contribution in [1.82, 2.24) is 15.4 Å². The summed E-state index contributed by atoms with van der Waals surface area (Å²) in [4.78, 5) is 3.95. The molecule has 16 heavy (non-hydrogen) atoms. The summed E-state index contributed by atoms with van der Waals surface area (Å²) in [5.41, 5.74) is 4.98. The van der Waals surface area contributed by atoms with Gasteiger partial charge in [0.2, 0.25) is 0 Å². The van der Waals surface area contributed by atoms with E-state index in [4.69, 9.17) is 5.26 Å². The highest BCUT2D eigenvalue weighted by Crippen LogP contribution is 2.07. The molecule has 1 aromatic heterocycles. The van der Waals surface area contributed by atoms with Crippen LogP contribution in [0.2, 0.25) is 0 Å². The van der Waals surface area contributed by atoms with Crippen molar-refractivity contribution in [3.05, 3.63) is 29.6 Å². The molecule has 2 rings (SSSR count). The average Bonchev–Trinajstić information content (AvgIpc) is 2.38. The van der Waals surface area contributed by atoms with Crippen LogP contribution in [0.25, 0.3) is 0 Å². The van der Waals surface area contributed by atoms with Crippen LogP contribution in [0.3, 0.4) is 0 Å². The second kappa shape index (κ2) is 5.59. The van der Waals surface area contributed by atoms with E-state index in [1.807, 2.05) is 12.1 Å². The third kappa shape index (κ3) is 3.02. The number of rotatable bonds is 3. The van der Waals surface area contributed by atoms with Gasteiger partial charge in [-0.05, 0) is 30.5 Å². The van der Waals surface area contributed by atoms with Gasteiger partial charge < -0.3 is 0 Å². The van der Waals surface area contributed by atoms with Crippen LogP contribution in [0.15, 0.2) is 18.3 Å². The van der Waals surface area contributed by atoms with Crippen LogP contribution in [0.1, 0.15) is 30.5 Å². The molecule has 1 N–H and O–H groups in total. The van der Waals surface area contributed by atoms with Crippen molar-refractivity contribution in [3.63, 3.8) is 0 Å². The lowest BCUT2D eigenvalue weighted by Crippen LogP contribution is -2.41. The molecule has 0 aliphatic carbocycles. The summed E-state index contributed by atoms with van der Waals surface area (Å²) in [7, 11) is 0. The summed E-state index contributed by atoms with van der Waals surface area (Å²) in [6.45, 7) is 3.02. The molecule has 2 heterocycles. The zero-order chi connectivity index (χ0) is 11.2. The van der Waals surface area contributed by atoms with Crippen LogP contribution in [0, 0.1) is 11.3 Å². The van der Waals surface area contributed by atoms with E-state index < -0.39 is 0 Å². The molecule has 0 spiro atoms. The second-order valence-electron chi connectivity index (χ2n) is 4.04. The lowest BCUT2D eigenvalue weighted by atomic mass is 10.2. The zero-order valence-electron chi connectivity index (χ0n) is 9.32. The molecule has 0 amide bonds. The number of nitrogens with zero attached hydrogens (tertiary/aromatic N) is 3. The molecule has 1 aliphatic rings. The van der Waals surface area contributed by atoms with Crippen LogP contribution < -0.4 is 5.43 Å². The SMILES string of the molecule is N#Cc1cc(CNN2CCCCC2)ccn1. The molecule has 4 nitrogen and oxygen atoms in total. The van der Waals surface area contributed by atoms with Gasteiger partial charge in [0.25, 0.3) is 0 Å². The molecule has 1 fully saturated rings. The van der Waals surface area contributed by atoms with Crippen LogP contribution in [-0.4, -0.2) is 23.1 Å². The van der Waals surface area contributed by atoms with Gasteiger partial charge in [-0.1, -0.05) is 6.42 Å². The molecule has 0 saturated carbocycles. The van der Waals surface area contributed by atoms with Crippen molar-refractivity contribution in [3.8, 4) is 6.07 Å². The third-order valence-corrected chi connectivity index (χ3v) is 2.80. The van der Waals surface area contributed by atoms with Crippen molar-refractivity contribution in [2.75, 3.05) is 13.1 Å². The number of hydrazine groups is 1. The smallest absolute Gasteiger partial charge is 0.140 e. The van der Waals surface area contributed by atoms with Crippen molar-refractivity contribution in [2.24, 2.45) is 0 Å². The molecular formula is C12H16N4. The number of nitriles is 1. The Labute approximate surface area is 95.9 Å². The largest absolute Gasteiger partial charge is 0.251 e. The number of hydrogen-bond donors (Lipinski definition) is 1. The molecule has 0 unspecified atom stereocenters. The van der Waals surface area contributed by atoms with Crippen molar-refractivity contribution in [2.45, 2.75) is 25.8 Å². The summed E-state index contributed by atoms with van der Waals surface area (Å²) in [6.07, 6.45) is 5.57. The van der Waals surface area contributed by atoms with Gasteiger partial charge in [0.15, 0.2) is 0 Å². The average molecular weight is 216 g/mol. The second-order valence-corrected chi connectivity index (χ2v) is 4.04. The van der Waals surface area contributed by atoms with Crippen LogP contribution in [0.5, 0.6) is 0 Å². The summed E-state index contributed by atoms with van der Waals surface area (Å²) in [6, 6.07) is 5.83. The fraction of sp³-hybridized carbons (Fsp3) is 0.500. The molecule has 0 radical (unpaired) electrons. The molecule has 4 heteroatoms. The lowest BCUT2D eigenvalue weighted by Gasteiger charge is -2.27. The van der Waals surface area contributed by atoms with Gasteiger partial charge in [-0.3, -0.25) is 5.43 Å². The molecule has 0 bridgehead atoms. The van der Waals surface area contributed by atoms with E-state index in [2.05, 4.69) is 21.5 Å². The summed E-state index contributed by atoms with van der Waals surface area (Å²) in [5.74, 6) is 0. The summed E-state index contributed by atoms with van der Waals surface area (Å²) in [5, 5.41) is 11.0. The highest BCUT2D eigenvalue weighted by molar-refractivity contribution is 5.25. The maximum Gasteiger partial charge on any atom is 0.140 e. The first-order valence-corrected chi connectivity index (χ1v) is 5.72. The third-order valence-electron chi connectivity index (χ3n) is 2.80. The number of nitrogens with one attached hydrogen (secondary N) is 1. The summed E-state index contributed by atoms with van der Waals surface area (Å²) >= 11 is 0. The monoisotopic (exact) mass is 216 g/mol. The van der Waals surface area contributed by atoms with E-state index in [9.17, 15) is 0 Å². The number of piperidine rings is 1. The highest BCUT2D eigenvalue weighted by atomic mass is 15.5. The zero-order valence-corrected chi connectivity index (χ0v) is 9.32. The predicted molar refractivity (Wildman–Crippen MR) is 61.2 cm³/mol. The fourth-order valence-corrected chi connectivity index (χ4v) is 1.90. The van der Waals surface area contributed by atoms with E-state index >= 15 is 0 Å². The highest BCUT2D eigenvalue weighted by Gasteiger charge is 2.08. The van der Waals surface area contributed by atoms with E-state index in [1.54, 1.807) is 6.20 Å². The van der Waals surface area contributed by atoms with Crippen LogP contribution >= 0.6 is 0 Å². The van der Waals surface area contributed by atoms with Gasteiger partial charge in [0, 0.05) is 25.8 Å². The minimum atomic E-state index is 0.484. The Balaban J connectivity index is 1.86. The molecule has 84 valence electrons. The van der Waals surface area contributed by atoms with E-state index in [1.165, 1.54) is 19.3 Å². The Hall–Kier alpha value is -1.44. The van der Waals surface area contributed by atoms with Gasteiger partial charge in [0.05, 0.1) is 0 Å². The predicted octanol–water partition coefficient (Wildman–Crippen LogP) is 1.44. The maximum absolute atomic E-state index is 8.74. The van der Waals surface area contributed by atoms with Gasteiger partial charge >= 0.3 is 0 Å². The Morgan fingerprint density at radius 2 is 2.19 bits per heavy atom. The number of hydrogen-bond acceptors (Lipinski definition) is 4. The molecule has 0 aromatic carbocycles. The Bertz CT molecular complexity index is 377. The Morgan fingerprint density at radius 3 is 2.94 bits per heavy atom. The van der Waals surface area contributed by atoms with Crippen molar-refractivity contribution in [1.29, 1.82) is 5.26 Å². The molecule has 1 aromatic rings. The Morgan fingerprint density at radius 1 is 1.38 bits per heavy atom. The van der Waals surface area contributed by atoms with Gasteiger partial charge in [-0.25, -0.2) is 9.99 Å². The minimum absolute atomic E-state index is 0.484. The molecule has 1 aliphatic heterocycles. The van der Waals surface area contributed by atoms with Crippen LogP contribution in [0.4, 0.5) is 0 Å². The quantitative estimate of drug-likeness (QED) is 0.830. The fourth-order valence-electron chi connectivity index (χ4n) is 1.90. The topological polar surface area (TPSA) is 52.0 Å². The lowest BCUT2D eigenvalue weighted by molar-refractivity contribution is 0.151. The first-order valence-electron chi connectivity index (χ1n) is 5.72. The summed E-state index contributed by atoms with van der Waals surface area (Å²) < 4.78 is 0. The van der Waals surface area contributed by atoms with Crippen molar-refractivity contribution < 1.29 is 0 Å². The van der Waals surface area contributed by atoms with Gasteiger partial charge in [-0.2, -0.15) is 5.26 Å². The first-order chi connectivity index (χ1) is 7.88. The standard InChI is InChI=1S/C12H16N4/c13-9-12-8-11(4-5-14-12)10-15-16-6-2-1-3-7-16/h4-5,8,15H,1-3,6-7,10H2. The van der Waals surface area contributed by atoms with E-state index in [0.717, 1.165) is 25.2 Å². The molecule has 1 saturated heterocycles. The molecule has 0 atom stereocenters. The Kier molecular flexibility index (Phi) is 3.86. The normalized spacial score (nSPS) is 16.9. The minimum Gasteiger partial charge on any atom is -0.251 e. The van der Waals surface area contributed by atoms with Crippen molar-refractivity contribution >= 4 is 0 Å².